The van der Waals surface area contributed by atoms with Crippen LogP contribution in [0.4, 0.5) is 5.69 Å². The van der Waals surface area contributed by atoms with Crippen molar-refractivity contribution >= 4 is 31.5 Å². The van der Waals surface area contributed by atoms with E-state index in [0.717, 1.165) is 18.4 Å². The number of nitrogens with zero attached hydrogens (tertiary/aromatic N) is 2. The summed E-state index contributed by atoms with van der Waals surface area (Å²) in [5.41, 5.74) is 1.92. The molecular formula is C23H28N2O5S2. The van der Waals surface area contributed by atoms with Gasteiger partial charge in [0.15, 0.2) is 9.84 Å². The van der Waals surface area contributed by atoms with E-state index in [1.807, 2.05) is 25.1 Å². The number of anilines is 1. The van der Waals surface area contributed by atoms with Gasteiger partial charge in [-0.15, -0.1) is 0 Å². The fourth-order valence-corrected chi connectivity index (χ4v) is 7.72. The fraction of sp³-hybridized carbons (Fsp3) is 0.435. The molecule has 2 heterocycles. The third-order valence-electron chi connectivity index (χ3n) is 6.18. The van der Waals surface area contributed by atoms with Crippen LogP contribution < -0.4 is 4.31 Å². The summed E-state index contributed by atoms with van der Waals surface area (Å²) in [5.74, 6) is -0.277. The first-order valence-corrected chi connectivity index (χ1v) is 14.2. The van der Waals surface area contributed by atoms with Crippen molar-refractivity contribution in [1.82, 2.24) is 4.90 Å². The molecule has 2 aromatic carbocycles. The highest BCUT2D eigenvalue weighted by molar-refractivity contribution is 7.93. The Morgan fingerprint density at radius 3 is 2.66 bits per heavy atom. The quantitative estimate of drug-likeness (QED) is 0.613. The number of benzene rings is 2. The largest absolute Gasteiger partial charge is 0.335 e. The summed E-state index contributed by atoms with van der Waals surface area (Å²) in [4.78, 5) is 15.1. The van der Waals surface area contributed by atoms with E-state index in [1.165, 1.54) is 16.4 Å². The smallest absolute Gasteiger partial charge is 0.264 e. The van der Waals surface area contributed by atoms with Crippen LogP contribution in [0.15, 0.2) is 53.4 Å². The topological polar surface area (TPSA) is 91.8 Å². The fourth-order valence-electron chi connectivity index (χ4n) is 4.44. The van der Waals surface area contributed by atoms with Gasteiger partial charge in [-0.25, -0.2) is 16.8 Å². The minimum atomic E-state index is -3.82. The van der Waals surface area contributed by atoms with Crippen molar-refractivity contribution in [3.05, 3.63) is 59.7 Å². The number of hydrogen-bond donors (Lipinski definition) is 0. The molecule has 172 valence electrons. The summed E-state index contributed by atoms with van der Waals surface area (Å²) in [5, 5.41) is 0. The highest BCUT2D eigenvalue weighted by atomic mass is 32.2. The molecule has 4 rings (SSSR count). The first-order valence-electron chi connectivity index (χ1n) is 10.9. The molecule has 0 N–H and O–H groups in total. The molecule has 9 heteroatoms. The summed E-state index contributed by atoms with van der Waals surface area (Å²) in [7, 11) is -6.97. The number of sulfonamides is 1. The normalized spacial score (nSPS) is 19.7. The van der Waals surface area contributed by atoms with Gasteiger partial charge in [0.2, 0.25) is 0 Å². The zero-order chi connectivity index (χ0) is 22.9. The second kappa shape index (κ2) is 8.86. The number of rotatable bonds is 7. The van der Waals surface area contributed by atoms with Crippen LogP contribution in [0.3, 0.4) is 0 Å². The summed E-state index contributed by atoms with van der Waals surface area (Å²) < 4.78 is 52.1. The Morgan fingerprint density at radius 2 is 1.94 bits per heavy atom. The molecule has 0 radical (unpaired) electrons. The van der Waals surface area contributed by atoms with Gasteiger partial charge < -0.3 is 4.90 Å². The number of unbranched alkanes of at least 4 members (excludes halogenated alkanes) is 1. The van der Waals surface area contributed by atoms with Crippen molar-refractivity contribution in [2.24, 2.45) is 0 Å². The number of sulfone groups is 1. The summed E-state index contributed by atoms with van der Waals surface area (Å²) in [6, 6.07) is 13.1. The second-order valence-corrected chi connectivity index (χ2v) is 12.5. The van der Waals surface area contributed by atoms with E-state index in [1.54, 1.807) is 23.1 Å². The number of carbonyl (C=O) groups is 1. The molecule has 0 unspecified atom stereocenters. The maximum atomic E-state index is 13.4. The highest BCUT2D eigenvalue weighted by Crippen LogP contribution is 2.33. The number of para-hydroxylation sites is 1. The minimum absolute atomic E-state index is 0.0367. The van der Waals surface area contributed by atoms with E-state index in [-0.39, 0.29) is 33.9 Å². The van der Waals surface area contributed by atoms with Gasteiger partial charge in [-0.05, 0) is 49.1 Å². The molecule has 2 aliphatic heterocycles. The zero-order valence-electron chi connectivity index (χ0n) is 18.1. The molecule has 0 spiro atoms. The zero-order valence-corrected chi connectivity index (χ0v) is 19.7. The Labute approximate surface area is 190 Å². The minimum Gasteiger partial charge on any atom is -0.335 e. The molecule has 1 atom stereocenters. The van der Waals surface area contributed by atoms with E-state index in [2.05, 4.69) is 0 Å². The summed E-state index contributed by atoms with van der Waals surface area (Å²) in [6.45, 7) is 2.82. The lowest BCUT2D eigenvalue weighted by Gasteiger charge is -2.28. The number of carbonyl (C=O) groups excluding carboxylic acids is 1. The van der Waals surface area contributed by atoms with E-state index >= 15 is 0 Å². The molecule has 32 heavy (non-hydrogen) atoms. The van der Waals surface area contributed by atoms with E-state index < -0.39 is 19.9 Å². The molecule has 2 aromatic rings. The van der Waals surface area contributed by atoms with Crippen molar-refractivity contribution in [3.8, 4) is 0 Å². The van der Waals surface area contributed by atoms with Crippen LogP contribution >= 0.6 is 0 Å². The van der Waals surface area contributed by atoms with Crippen molar-refractivity contribution < 1.29 is 21.6 Å². The van der Waals surface area contributed by atoms with Gasteiger partial charge in [-0.1, -0.05) is 37.6 Å². The molecule has 1 saturated heterocycles. The first-order chi connectivity index (χ1) is 15.2. The lowest BCUT2D eigenvalue weighted by Crippen LogP contribution is -2.41. The lowest BCUT2D eigenvalue weighted by atomic mass is 10.1. The Kier molecular flexibility index (Phi) is 6.31. The molecule has 0 aromatic heterocycles. The maximum absolute atomic E-state index is 13.4. The van der Waals surface area contributed by atoms with Crippen LogP contribution in [-0.2, 0) is 26.3 Å². The summed E-state index contributed by atoms with van der Waals surface area (Å²) >= 11 is 0. The van der Waals surface area contributed by atoms with Gasteiger partial charge in [-0.2, -0.15) is 0 Å². The van der Waals surface area contributed by atoms with Gasteiger partial charge in [0.05, 0.1) is 22.1 Å². The van der Waals surface area contributed by atoms with Gasteiger partial charge >= 0.3 is 0 Å². The average Bonchev–Trinajstić information content (AvgIpc) is 3.37. The third kappa shape index (κ3) is 4.41. The average molecular weight is 477 g/mol. The molecule has 0 aliphatic carbocycles. The number of amides is 1. The maximum Gasteiger partial charge on any atom is 0.264 e. The van der Waals surface area contributed by atoms with E-state index in [4.69, 9.17) is 0 Å². The van der Waals surface area contributed by atoms with Crippen LogP contribution in [0, 0.1) is 0 Å². The SMILES string of the molecule is CCCCN(C(=O)c1cccc(S(=O)(=O)N2CCc3ccccc32)c1)[C@H]1CCS(=O)(=O)C1. The Hall–Kier alpha value is -2.39. The van der Waals surface area contributed by atoms with Crippen molar-refractivity contribution in [2.45, 2.75) is 43.5 Å². The molecule has 0 bridgehead atoms. The molecule has 0 saturated carbocycles. The molecule has 1 amide bonds. The third-order valence-corrected chi connectivity index (χ3v) is 9.74. The predicted molar refractivity (Wildman–Crippen MR) is 124 cm³/mol. The molecule has 7 nitrogen and oxygen atoms in total. The van der Waals surface area contributed by atoms with Crippen LogP contribution in [0.1, 0.15) is 42.1 Å². The molecular weight excluding hydrogens is 448 g/mol. The Morgan fingerprint density at radius 1 is 1.16 bits per heavy atom. The predicted octanol–water partition coefficient (Wildman–Crippen LogP) is 2.87. The van der Waals surface area contributed by atoms with E-state index in [0.29, 0.717) is 31.6 Å². The molecule has 2 aliphatic rings. The van der Waals surface area contributed by atoms with Gasteiger partial charge in [0.25, 0.3) is 15.9 Å². The Bertz CT molecular complexity index is 1220. The number of fused-ring (bicyclic) bond motifs is 1. The van der Waals surface area contributed by atoms with Crippen molar-refractivity contribution in [3.63, 3.8) is 0 Å². The van der Waals surface area contributed by atoms with Crippen LogP contribution in [0.25, 0.3) is 0 Å². The van der Waals surface area contributed by atoms with Gasteiger partial charge in [-0.3, -0.25) is 9.10 Å². The monoisotopic (exact) mass is 476 g/mol. The number of hydrogen-bond acceptors (Lipinski definition) is 5. The van der Waals surface area contributed by atoms with Crippen molar-refractivity contribution in [2.75, 3.05) is 28.9 Å². The molecule has 1 fully saturated rings. The van der Waals surface area contributed by atoms with Crippen LogP contribution in [-0.4, -0.2) is 58.3 Å². The van der Waals surface area contributed by atoms with Gasteiger partial charge in [0, 0.05) is 24.7 Å². The standard InChI is InChI=1S/C23H28N2O5S2/c1-2-3-13-24(20-12-15-31(27,28)17-20)23(26)19-8-6-9-21(16-19)32(29,30)25-14-11-18-7-4-5-10-22(18)25/h4-10,16,20H,2-3,11-15,17H2,1H3/t20-/m0/s1. The summed E-state index contributed by atoms with van der Waals surface area (Å²) in [6.07, 6.45) is 2.69. The van der Waals surface area contributed by atoms with Gasteiger partial charge in [0.1, 0.15) is 0 Å². The highest BCUT2D eigenvalue weighted by Gasteiger charge is 2.35. The lowest BCUT2D eigenvalue weighted by molar-refractivity contribution is 0.0694. The van der Waals surface area contributed by atoms with E-state index in [9.17, 15) is 21.6 Å². The second-order valence-electron chi connectivity index (χ2n) is 8.39. The first kappa shape index (κ1) is 22.8. The Balaban J connectivity index is 1.63. The van der Waals surface area contributed by atoms with Crippen LogP contribution in [0.2, 0.25) is 0 Å². The van der Waals surface area contributed by atoms with Crippen LogP contribution in [0.5, 0.6) is 0 Å². The van der Waals surface area contributed by atoms with Crippen molar-refractivity contribution in [1.29, 1.82) is 0 Å².